The number of unbranched alkanes of at least 4 members (excludes halogenated alkanes) is 4. The highest BCUT2D eigenvalue weighted by Crippen LogP contribution is 2.51. The number of aliphatic hydroxyl groups excluding tert-OH is 1. The predicted octanol–water partition coefficient (Wildman–Crippen LogP) is 5.96. The van der Waals surface area contributed by atoms with Gasteiger partial charge in [0.2, 0.25) is 0 Å². The monoisotopic (exact) mass is 426 g/mol. The molecule has 0 saturated heterocycles. The van der Waals surface area contributed by atoms with Gasteiger partial charge in [-0.1, -0.05) is 38.5 Å². The number of rotatable bonds is 15. The first kappa shape index (κ1) is 26.9. The largest absolute Gasteiger partial charge is 0.466 e. The fraction of sp³-hybridized carbons (Fsp3) is 0.920. The van der Waals surface area contributed by atoms with Crippen LogP contribution in [0.25, 0.3) is 0 Å². The lowest BCUT2D eigenvalue weighted by atomic mass is 9.87. The summed E-state index contributed by atoms with van der Waals surface area (Å²) in [6.07, 6.45) is 11.1. The van der Waals surface area contributed by atoms with Crippen LogP contribution in [0.1, 0.15) is 119 Å². The van der Waals surface area contributed by atoms with E-state index in [4.69, 9.17) is 9.47 Å². The number of carbonyl (C=O) groups is 2. The topological polar surface area (TPSA) is 72.8 Å². The molecule has 30 heavy (non-hydrogen) atoms. The van der Waals surface area contributed by atoms with Crippen molar-refractivity contribution in [3.8, 4) is 0 Å². The average Bonchev–Trinajstić information content (AvgIpc) is 3.41. The lowest BCUT2D eigenvalue weighted by Gasteiger charge is -2.23. The fourth-order valence-electron chi connectivity index (χ4n) is 3.81. The van der Waals surface area contributed by atoms with Gasteiger partial charge in [-0.3, -0.25) is 9.59 Å². The maximum absolute atomic E-state index is 12.3. The second kappa shape index (κ2) is 12.1. The number of aliphatic hydroxyl groups is 1. The van der Waals surface area contributed by atoms with Crippen LogP contribution in [0.3, 0.4) is 0 Å². The van der Waals surface area contributed by atoms with Gasteiger partial charge in [0.05, 0.1) is 23.5 Å². The minimum atomic E-state index is -0.424. The average molecular weight is 427 g/mol. The van der Waals surface area contributed by atoms with E-state index in [1.54, 1.807) is 0 Å². The third-order valence-electron chi connectivity index (χ3n) is 6.05. The number of carbonyl (C=O) groups excluding carboxylic acids is 2. The van der Waals surface area contributed by atoms with Gasteiger partial charge in [0.25, 0.3) is 0 Å². The van der Waals surface area contributed by atoms with Gasteiger partial charge in [-0.2, -0.15) is 0 Å². The summed E-state index contributed by atoms with van der Waals surface area (Å²) in [5, 5.41) is 10.2. The standard InChI is InChI=1S/C25H46O5/c1-7-29-21(27)24(5,6)16-12-8-10-14-20(26)15-11-9-13-17-25(18-19-25)22(28)30-23(2,3)4/h20,26H,7-19H2,1-6H3. The molecule has 5 heteroatoms. The lowest BCUT2D eigenvalue weighted by molar-refractivity contribution is -0.162. The molecule has 1 fully saturated rings. The van der Waals surface area contributed by atoms with Crippen LogP contribution in [-0.2, 0) is 19.1 Å². The molecule has 176 valence electrons. The van der Waals surface area contributed by atoms with Crippen LogP contribution >= 0.6 is 0 Å². The lowest BCUT2D eigenvalue weighted by Crippen LogP contribution is -2.29. The van der Waals surface area contributed by atoms with Crippen molar-refractivity contribution in [1.29, 1.82) is 0 Å². The Labute approximate surface area is 184 Å². The first-order valence-corrected chi connectivity index (χ1v) is 12.0. The summed E-state index contributed by atoms with van der Waals surface area (Å²) in [5.74, 6) is -0.147. The molecule has 0 spiro atoms. The summed E-state index contributed by atoms with van der Waals surface area (Å²) >= 11 is 0. The van der Waals surface area contributed by atoms with Crippen molar-refractivity contribution in [2.75, 3.05) is 6.61 Å². The minimum Gasteiger partial charge on any atom is -0.466 e. The highest BCUT2D eigenvalue weighted by atomic mass is 16.6. The fourth-order valence-corrected chi connectivity index (χ4v) is 3.81. The molecule has 1 aliphatic carbocycles. The van der Waals surface area contributed by atoms with Crippen LogP contribution in [0.2, 0.25) is 0 Å². The number of hydrogen-bond acceptors (Lipinski definition) is 5. The summed E-state index contributed by atoms with van der Waals surface area (Å²) in [6.45, 7) is 11.9. The van der Waals surface area contributed by atoms with Gasteiger partial charge < -0.3 is 14.6 Å². The van der Waals surface area contributed by atoms with Crippen LogP contribution in [-0.4, -0.2) is 35.4 Å². The van der Waals surface area contributed by atoms with E-state index in [2.05, 4.69) is 0 Å². The van der Waals surface area contributed by atoms with Crippen molar-refractivity contribution in [2.24, 2.45) is 10.8 Å². The first-order chi connectivity index (χ1) is 13.9. The highest BCUT2D eigenvalue weighted by Gasteiger charge is 2.51. The molecule has 1 unspecified atom stereocenters. The Bertz CT molecular complexity index is 528. The van der Waals surface area contributed by atoms with Gasteiger partial charge >= 0.3 is 11.9 Å². The Hall–Kier alpha value is -1.10. The van der Waals surface area contributed by atoms with Gasteiger partial charge in [-0.15, -0.1) is 0 Å². The SMILES string of the molecule is CCOC(=O)C(C)(C)CCCCCC(O)CCCCCC1(C(=O)OC(C)(C)C)CC1. The molecule has 1 aliphatic rings. The molecule has 5 nitrogen and oxygen atoms in total. The van der Waals surface area contributed by atoms with E-state index >= 15 is 0 Å². The van der Waals surface area contributed by atoms with E-state index in [0.29, 0.717) is 6.61 Å². The summed E-state index contributed by atoms with van der Waals surface area (Å²) in [4.78, 5) is 24.2. The van der Waals surface area contributed by atoms with Gasteiger partial charge in [0, 0.05) is 0 Å². The summed E-state index contributed by atoms with van der Waals surface area (Å²) in [7, 11) is 0. The van der Waals surface area contributed by atoms with E-state index in [1.165, 1.54) is 0 Å². The van der Waals surface area contributed by atoms with Crippen LogP contribution in [0.4, 0.5) is 0 Å². The Morgan fingerprint density at radius 1 is 0.933 bits per heavy atom. The second-order valence-electron chi connectivity index (χ2n) is 10.7. The van der Waals surface area contributed by atoms with Gasteiger partial charge in [0.1, 0.15) is 5.60 Å². The van der Waals surface area contributed by atoms with Crippen molar-refractivity contribution in [2.45, 2.75) is 130 Å². The van der Waals surface area contributed by atoms with E-state index in [1.807, 2.05) is 41.5 Å². The summed E-state index contributed by atoms with van der Waals surface area (Å²) < 4.78 is 10.7. The Morgan fingerprint density at radius 2 is 1.50 bits per heavy atom. The third kappa shape index (κ3) is 10.3. The minimum absolute atomic E-state index is 0.0267. The smallest absolute Gasteiger partial charge is 0.312 e. The van der Waals surface area contributed by atoms with Gasteiger partial charge in [-0.25, -0.2) is 0 Å². The normalized spacial score (nSPS) is 16.8. The molecule has 0 aromatic heterocycles. The molecule has 0 radical (unpaired) electrons. The Morgan fingerprint density at radius 3 is 2.00 bits per heavy atom. The molecule has 0 amide bonds. The molecule has 0 aromatic rings. The van der Waals surface area contributed by atoms with Crippen molar-refractivity contribution in [1.82, 2.24) is 0 Å². The molecule has 1 N–H and O–H groups in total. The molecule has 0 aromatic carbocycles. The third-order valence-corrected chi connectivity index (χ3v) is 6.05. The van der Waals surface area contributed by atoms with Crippen LogP contribution in [0.5, 0.6) is 0 Å². The Kier molecular flexibility index (Phi) is 10.8. The quantitative estimate of drug-likeness (QED) is 0.258. The van der Waals surface area contributed by atoms with E-state index in [0.717, 1.165) is 77.0 Å². The van der Waals surface area contributed by atoms with Crippen molar-refractivity contribution < 1.29 is 24.2 Å². The predicted molar refractivity (Wildman–Crippen MR) is 120 cm³/mol. The van der Waals surface area contributed by atoms with Crippen molar-refractivity contribution >= 4 is 11.9 Å². The number of esters is 2. The molecule has 0 aliphatic heterocycles. The Balaban J connectivity index is 2.07. The molecular formula is C25H46O5. The summed E-state index contributed by atoms with van der Waals surface area (Å²) in [6, 6.07) is 0. The van der Waals surface area contributed by atoms with Crippen LogP contribution < -0.4 is 0 Å². The van der Waals surface area contributed by atoms with Crippen molar-refractivity contribution in [3.63, 3.8) is 0 Å². The van der Waals surface area contributed by atoms with Crippen molar-refractivity contribution in [3.05, 3.63) is 0 Å². The maximum Gasteiger partial charge on any atom is 0.312 e. The van der Waals surface area contributed by atoms with E-state index in [-0.39, 0.29) is 23.5 Å². The molecule has 1 saturated carbocycles. The second-order valence-corrected chi connectivity index (χ2v) is 10.7. The molecule has 1 rings (SSSR count). The zero-order chi connectivity index (χ0) is 22.8. The van der Waals surface area contributed by atoms with Crippen LogP contribution in [0, 0.1) is 10.8 Å². The highest BCUT2D eigenvalue weighted by molar-refractivity contribution is 5.80. The molecule has 0 heterocycles. The number of ether oxygens (including phenoxy) is 2. The summed E-state index contributed by atoms with van der Waals surface area (Å²) in [5.41, 5.74) is -1.05. The zero-order valence-corrected chi connectivity index (χ0v) is 20.3. The maximum atomic E-state index is 12.3. The van der Waals surface area contributed by atoms with Crippen LogP contribution in [0.15, 0.2) is 0 Å². The van der Waals surface area contributed by atoms with Gasteiger partial charge in [-0.05, 0) is 80.1 Å². The van der Waals surface area contributed by atoms with E-state index < -0.39 is 11.0 Å². The van der Waals surface area contributed by atoms with Gasteiger partial charge in [0.15, 0.2) is 0 Å². The molecule has 1 atom stereocenters. The first-order valence-electron chi connectivity index (χ1n) is 12.0. The zero-order valence-electron chi connectivity index (χ0n) is 20.3. The molecule has 0 bridgehead atoms. The van der Waals surface area contributed by atoms with E-state index in [9.17, 15) is 14.7 Å². The molecular weight excluding hydrogens is 380 g/mol. The number of hydrogen-bond donors (Lipinski definition) is 1.